The Morgan fingerprint density at radius 1 is 1.20 bits per heavy atom. The van der Waals surface area contributed by atoms with Gasteiger partial charge in [-0.2, -0.15) is 0 Å². The Bertz CT molecular complexity index is 649. The highest BCUT2D eigenvalue weighted by Gasteiger charge is 2.23. The fraction of sp³-hybridized carbons (Fsp3) is 0.385. The molecule has 20 heavy (non-hydrogen) atoms. The molecule has 0 aliphatic rings. The third kappa shape index (κ3) is 3.57. The summed E-state index contributed by atoms with van der Waals surface area (Å²) in [4.78, 5) is 22.4. The number of sulfone groups is 1. The summed E-state index contributed by atoms with van der Waals surface area (Å²) in [7, 11) is -3.86. The first-order valence-corrected chi connectivity index (χ1v) is 7.68. The summed E-state index contributed by atoms with van der Waals surface area (Å²) in [6.45, 7) is 5.19. The number of nitrogens with one attached hydrogen (secondary N) is 1. The molecular formula is C13H17NO5S. The summed E-state index contributed by atoms with van der Waals surface area (Å²) >= 11 is 0. The van der Waals surface area contributed by atoms with Crippen LogP contribution in [0.3, 0.4) is 0 Å². The number of hydrogen-bond donors (Lipinski definition) is 2. The van der Waals surface area contributed by atoms with Crippen molar-refractivity contribution >= 4 is 21.7 Å². The van der Waals surface area contributed by atoms with Gasteiger partial charge in [0, 0.05) is 6.54 Å². The van der Waals surface area contributed by atoms with Crippen LogP contribution in [0.5, 0.6) is 0 Å². The maximum Gasteiger partial charge on any atom is 0.335 e. The van der Waals surface area contributed by atoms with Crippen molar-refractivity contribution in [1.82, 2.24) is 5.32 Å². The van der Waals surface area contributed by atoms with Crippen LogP contribution < -0.4 is 5.32 Å². The van der Waals surface area contributed by atoms with Crippen LogP contribution in [0.25, 0.3) is 0 Å². The Hall–Kier alpha value is -1.89. The van der Waals surface area contributed by atoms with Gasteiger partial charge in [-0.15, -0.1) is 0 Å². The molecule has 7 heteroatoms. The summed E-state index contributed by atoms with van der Waals surface area (Å²) in [5.74, 6) is -2.50. The normalized spacial score (nSPS) is 11.2. The topological polar surface area (TPSA) is 101 Å². The van der Waals surface area contributed by atoms with Crippen molar-refractivity contribution in [3.63, 3.8) is 0 Å². The molecule has 1 aromatic rings. The first kappa shape index (κ1) is 16.2. The van der Waals surface area contributed by atoms with E-state index >= 15 is 0 Å². The van der Waals surface area contributed by atoms with Gasteiger partial charge in [-0.05, 0) is 38.0 Å². The van der Waals surface area contributed by atoms with E-state index in [9.17, 15) is 18.0 Å². The smallest absolute Gasteiger partial charge is 0.335 e. The van der Waals surface area contributed by atoms with Crippen LogP contribution in [0.2, 0.25) is 0 Å². The summed E-state index contributed by atoms with van der Waals surface area (Å²) in [5.41, 5.74) is 0.828. The lowest BCUT2D eigenvalue weighted by molar-refractivity contribution is -0.118. The fourth-order valence-electron chi connectivity index (χ4n) is 1.90. The minimum Gasteiger partial charge on any atom is -0.478 e. The van der Waals surface area contributed by atoms with Gasteiger partial charge in [0.05, 0.1) is 10.5 Å². The number of rotatable bonds is 5. The lowest BCUT2D eigenvalue weighted by atomic mass is 10.1. The highest BCUT2D eigenvalue weighted by atomic mass is 32.2. The van der Waals surface area contributed by atoms with E-state index < -0.39 is 27.5 Å². The van der Waals surface area contributed by atoms with Crippen molar-refractivity contribution in [2.24, 2.45) is 0 Å². The summed E-state index contributed by atoms with van der Waals surface area (Å²) in [6.07, 6.45) is 0. The minimum absolute atomic E-state index is 0.0786. The third-order valence-electron chi connectivity index (χ3n) is 2.78. The van der Waals surface area contributed by atoms with E-state index in [-0.39, 0.29) is 10.5 Å². The zero-order chi connectivity index (χ0) is 15.5. The lowest BCUT2D eigenvalue weighted by Gasteiger charge is -2.10. The first-order chi connectivity index (χ1) is 9.19. The Kier molecular flexibility index (Phi) is 4.88. The Morgan fingerprint density at radius 2 is 1.80 bits per heavy atom. The van der Waals surface area contributed by atoms with Crippen LogP contribution >= 0.6 is 0 Å². The van der Waals surface area contributed by atoms with Crippen molar-refractivity contribution in [2.75, 3.05) is 12.3 Å². The number of benzene rings is 1. The number of hydrogen-bond acceptors (Lipinski definition) is 4. The maximum absolute atomic E-state index is 12.2. The van der Waals surface area contributed by atoms with Gasteiger partial charge in [-0.3, -0.25) is 4.79 Å². The second-order valence-electron chi connectivity index (χ2n) is 4.45. The van der Waals surface area contributed by atoms with Gasteiger partial charge in [0.1, 0.15) is 5.75 Å². The van der Waals surface area contributed by atoms with E-state index in [2.05, 4.69) is 5.32 Å². The molecule has 0 bridgehead atoms. The van der Waals surface area contributed by atoms with Gasteiger partial charge in [-0.25, -0.2) is 13.2 Å². The van der Waals surface area contributed by atoms with Gasteiger partial charge in [0.2, 0.25) is 5.91 Å². The fourth-order valence-corrected chi connectivity index (χ4v) is 3.35. The second-order valence-corrected chi connectivity index (χ2v) is 6.41. The van der Waals surface area contributed by atoms with Crippen molar-refractivity contribution in [3.8, 4) is 0 Å². The maximum atomic E-state index is 12.2. The molecule has 0 fully saturated rings. The number of amides is 1. The van der Waals surface area contributed by atoms with Crippen molar-refractivity contribution in [3.05, 3.63) is 28.8 Å². The van der Waals surface area contributed by atoms with E-state index in [4.69, 9.17) is 5.11 Å². The van der Waals surface area contributed by atoms with Crippen LogP contribution in [0.15, 0.2) is 17.0 Å². The average molecular weight is 299 g/mol. The molecular weight excluding hydrogens is 282 g/mol. The summed E-state index contributed by atoms with van der Waals surface area (Å²) in [5, 5.41) is 11.4. The van der Waals surface area contributed by atoms with E-state index in [0.29, 0.717) is 17.7 Å². The van der Waals surface area contributed by atoms with Crippen molar-refractivity contribution < 1.29 is 23.1 Å². The number of aryl methyl sites for hydroxylation is 2. The number of carbonyl (C=O) groups is 2. The SMILES string of the molecule is CCNC(=O)CS(=O)(=O)c1cc(C(=O)O)c(C)cc1C. The monoisotopic (exact) mass is 299 g/mol. The molecule has 0 radical (unpaired) electrons. The predicted molar refractivity (Wildman–Crippen MR) is 73.6 cm³/mol. The molecule has 1 rings (SSSR count). The number of carboxylic acid groups (broad SMARTS) is 1. The molecule has 0 saturated heterocycles. The quantitative estimate of drug-likeness (QED) is 0.841. The predicted octanol–water partition coefficient (Wildman–Crippen LogP) is 0.911. The van der Waals surface area contributed by atoms with E-state index in [1.54, 1.807) is 20.8 Å². The van der Waals surface area contributed by atoms with Crippen LogP contribution in [0, 0.1) is 13.8 Å². The van der Waals surface area contributed by atoms with Crippen LogP contribution in [0.4, 0.5) is 0 Å². The molecule has 0 aromatic heterocycles. The van der Waals surface area contributed by atoms with Gasteiger partial charge in [0.15, 0.2) is 9.84 Å². The molecule has 0 unspecified atom stereocenters. The molecule has 2 N–H and O–H groups in total. The molecule has 0 saturated carbocycles. The highest BCUT2D eigenvalue weighted by Crippen LogP contribution is 2.21. The van der Waals surface area contributed by atoms with Crippen LogP contribution in [-0.4, -0.2) is 37.7 Å². The van der Waals surface area contributed by atoms with Gasteiger partial charge < -0.3 is 10.4 Å². The molecule has 0 atom stereocenters. The molecule has 0 aliphatic heterocycles. The molecule has 0 spiro atoms. The molecule has 0 heterocycles. The van der Waals surface area contributed by atoms with E-state index in [1.807, 2.05) is 0 Å². The first-order valence-electron chi connectivity index (χ1n) is 6.03. The number of aromatic carboxylic acids is 1. The van der Waals surface area contributed by atoms with Crippen LogP contribution in [0.1, 0.15) is 28.4 Å². The average Bonchev–Trinajstić information content (AvgIpc) is 2.27. The van der Waals surface area contributed by atoms with Crippen molar-refractivity contribution in [1.29, 1.82) is 0 Å². The summed E-state index contributed by atoms with van der Waals surface area (Å²) < 4.78 is 24.3. The third-order valence-corrected chi connectivity index (χ3v) is 4.53. The minimum atomic E-state index is -3.86. The van der Waals surface area contributed by atoms with Gasteiger partial charge in [-0.1, -0.05) is 6.07 Å². The summed E-state index contributed by atoms with van der Waals surface area (Å²) in [6, 6.07) is 2.61. The number of carboxylic acids is 1. The second kappa shape index (κ2) is 6.04. The molecule has 1 aromatic carbocycles. The molecule has 1 amide bonds. The van der Waals surface area contributed by atoms with Gasteiger partial charge in [0.25, 0.3) is 0 Å². The number of carbonyl (C=O) groups excluding carboxylic acids is 1. The Morgan fingerprint density at radius 3 is 2.30 bits per heavy atom. The largest absolute Gasteiger partial charge is 0.478 e. The Labute approximate surface area is 117 Å². The van der Waals surface area contributed by atoms with Crippen molar-refractivity contribution in [2.45, 2.75) is 25.7 Å². The lowest BCUT2D eigenvalue weighted by Crippen LogP contribution is -2.30. The molecule has 6 nitrogen and oxygen atoms in total. The standard InChI is InChI=1S/C13H17NO5S/c1-4-14-12(15)7-20(18,19)11-6-10(13(16)17)8(2)5-9(11)3/h5-6H,4,7H2,1-3H3,(H,14,15)(H,16,17). The van der Waals surface area contributed by atoms with Crippen LogP contribution in [-0.2, 0) is 14.6 Å². The Balaban J connectivity index is 3.28. The zero-order valence-corrected chi connectivity index (χ0v) is 12.4. The molecule has 110 valence electrons. The van der Waals surface area contributed by atoms with Gasteiger partial charge >= 0.3 is 5.97 Å². The molecule has 0 aliphatic carbocycles. The highest BCUT2D eigenvalue weighted by molar-refractivity contribution is 7.92. The van der Waals surface area contributed by atoms with E-state index in [1.165, 1.54) is 6.07 Å². The van der Waals surface area contributed by atoms with E-state index in [0.717, 1.165) is 6.07 Å². The zero-order valence-electron chi connectivity index (χ0n) is 11.6.